The van der Waals surface area contributed by atoms with Crippen molar-refractivity contribution in [2.45, 2.75) is 113 Å². The van der Waals surface area contributed by atoms with Crippen molar-refractivity contribution >= 4 is 35.5 Å². The van der Waals surface area contributed by atoms with Crippen LogP contribution in [0.4, 0.5) is 35.1 Å². The predicted octanol–water partition coefficient (Wildman–Crippen LogP) is 8.48. The molecule has 0 bridgehead atoms. The number of methoxy groups -OCH3 is 2. The van der Waals surface area contributed by atoms with Crippen molar-refractivity contribution in [3.8, 4) is 23.0 Å². The Bertz CT molecular complexity index is 2460. The molecule has 65 heavy (non-hydrogen) atoms. The van der Waals surface area contributed by atoms with Gasteiger partial charge in [-0.15, -0.1) is 20.4 Å². The van der Waals surface area contributed by atoms with E-state index in [-0.39, 0.29) is 39.9 Å². The summed E-state index contributed by atoms with van der Waals surface area (Å²) in [5.41, 5.74) is 0.755. The molecule has 1 fully saturated rings. The van der Waals surface area contributed by atoms with Crippen LogP contribution in [0, 0.1) is 11.6 Å². The van der Waals surface area contributed by atoms with Gasteiger partial charge in [0, 0.05) is 37.6 Å². The lowest BCUT2D eigenvalue weighted by atomic mass is 9.80. The highest BCUT2D eigenvalue weighted by Gasteiger charge is 2.52. The van der Waals surface area contributed by atoms with Crippen LogP contribution in [0.3, 0.4) is 0 Å². The van der Waals surface area contributed by atoms with Crippen LogP contribution in [-0.2, 0) is 32.0 Å². The molecule has 1 aliphatic rings. The summed E-state index contributed by atoms with van der Waals surface area (Å²) < 4.78 is 136. The van der Waals surface area contributed by atoms with Crippen LogP contribution < -0.4 is 14.9 Å². The molecule has 7 heterocycles. The predicted molar refractivity (Wildman–Crippen MR) is 224 cm³/mol. The molecule has 6 aromatic heterocycles. The number of halogens is 9. The largest absolute Gasteiger partial charge is 0.496 e. The van der Waals surface area contributed by atoms with Crippen molar-refractivity contribution < 1.29 is 63.4 Å². The Morgan fingerprint density at radius 3 is 1.57 bits per heavy atom. The van der Waals surface area contributed by atoms with E-state index in [2.05, 4.69) is 50.0 Å². The van der Waals surface area contributed by atoms with Crippen LogP contribution in [0.25, 0.3) is 22.6 Å². The molecule has 0 aromatic carbocycles. The Morgan fingerprint density at radius 2 is 1.12 bits per heavy atom. The Kier molecular flexibility index (Phi) is 19.1. The van der Waals surface area contributed by atoms with Crippen molar-refractivity contribution in [2.24, 2.45) is 0 Å². The van der Waals surface area contributed by atoms with Crippen molar-refractivity contribution in [1.82, 2.24) is 49.6 Å². The smallest absolute Gasteiger partial charge is 0.463 e. The van der Waals surface area contributed by atoms with E-state index in [0.717, 1.165) is 26.0 Å². The van der Waals surface area contributed by atoms with Crippen molar-refractivity contribution in [1.29, 1.82) is 0 Å². The van der Waals surface area contributed by atoms with E-state index in [9.17, 15) is 35.1 Å². The fourth-order valence-electron chi connectivity index (χ4n) is 4.99. The minimum Gasteiger partial charge on any atom is -0.463 e. The second-order valence-electron chi connectivity index (χ2n) is 14.3. The first-order chi connectivity index (χ1) is 28.9. The summed E-state index contributed by atoms with van der Waals surface area (Å²) in [5.74, 6) is -2.40. The van der Waals surface area contributed by atoms with Crippen LogP contribution >= 0.6 is 11.6 Å². The van der Waals surface area contributed by atoms with E-state index in [1.165, 1.54) is 24.0 Å². The number of alkyl halides is 6. The van der Waals surface area contributed by atoms with Gasteiger partial charge in [-0.25, -0.2) is 18.7 Å². The molecule has 358 valence electrons. The van der Waals surface area contributed by atoms with Gasteiger partial charge in [-0.1, -0.05) is 33.9 Å². The Morgan fingerprint density at radius 1 is 0.677 bits per heavy atom. The van der Waals surface area contributed by atoms with E-state index in [1.807, 2.05) is 27.7 Å². The van der Waals surface area contributed by atoms with Gasteiger partial charge in [0.2, 0.25) is 0 Å². The third-order valence-corrected chi connectivity index (χ3v) is 9.33. The summed E-state index contributed by atoms with van der Waals surface area (Å²) in [7, 11) is 2.23. The summed E-state index contributed by atoms with van der Waals surface area (Å²) >= 11 is 5.72. The molecule has 2 atom stereocenters. The fourth-order valence-corrected chi connectivity index (χ4v) is 5.13. The standard InChI is InChI=1S/C15H13F4N5O2.C14H18BF4NO3.C7H7ClN4O.3CH4/c1-8(15(17,18)19)26-14-10(16)5-9(6-20-14)11-3-4-12-21-22-13(7-25-2)24(12)23-11;1-8(14(17,18)19)21-11-10(16)6-9(7-20-11)15-22-12(2,3)13(4,5)23-15;1-13-4-7-10-9-6-3-2-5(8)11-12(6)7;;;/h3-6,8H,7H2,1-2H3;6-8H,1-5H3;2-3H,4H2,1H3;3*1H4/t2*8-;;;;/m00..../s1. The van der Waals surface area contributed by atoms with Gasteiger partial charge in [0.15, 0.2) is 46.8 Å². The number of aromatic nitrogens is 10. The van der Waals surface area contributed by atoms with Gasteiger partial charge in [-0.05, 0) is 77.9 Å². The second-order valence-corrected chi connectivity index (χ2v) is 14.7. The zero-order valence-electron chi connectivity index (χ0n) is 34.1. The third-order valence-electron chi connectivity index (χ3n) is 9.13. The fraction of sp³-hybridized carbons (Fsp3) is 0.487. The van der Waals surface area contributed by atoms with E-state index >= 15 is 0 Å². The van der Waals surface area contributed by atoms with Gasteiger partial charge >= 0.3 is 19.5 Å². The average molecular weight is 953 g/mol. The lowest BCUT2D eigenvalue weighted by molar-refractivity contribution is -0.190. The molecule has 26 heteroatoms. The normalized spacial score (nSPS) is 15.0. The van der Waals surface area contributed by atoms with Gasteiger partial charge in [0.05, 0.1) is 16.9 Å². The van der Waals surface area contributed by atoms with Gasteiger partial charge in [-0.2, -0.15) is 45.6 Å². The van der Waals surface area contributed by atoms with Crippen LogP contribution in [0.5, 0.6) is 11.8 Å². The molecule has 6 aromatic rings. The highest BCUT2D eigenvalue weighted by atomic mass is 35.5. The first-order valence-corrected chi connectivity index (χ1v) is 18.5. The summed E-state index contributed by atoms with van der Waals surface area (Å²) in [4.78, 5) is 7.25. The maximum atomic E-state index is 14.1. The molecule has 1 aliphatic heterocycles. The van der Waals surface area contributed by atoms with Crippen LogP contribution in [0.15, 0.2) is 48.8 Å². The van der Waals surface area contributed by atoms with E-state index in [0.29, 0.717) is 40.4 Å². The van der Waals surface area contributed by atoms with Gasteiger partial charge in [0.1, 0.15) is 18.4 Å². The zero-order valence-corrected chi connectivity index (χ0v) is 34.8. The number of ether oxygens (including phenoxy) is 4. The number of nitrogens with zero attached hydrogens (tertiary/aromatic N) is 10. The molecule has 0 aliphatic carbocycles. The molecule has 0 amide bonds. The lowest BCUT2D eigenvalue weighted by Gasteiger charge is -2.32. The highest BCUT2D eigenvalue weighted by molar-refractivity contribution is 6.62. The monoisotopic (exact) mass is 952 g/mol. The van der Waals surface area contributed by atoms with Crippen molar-refractivity contribution in [3.05, 3.63) is 77.2 Å². The quantitative estimate of drug-likeness (QED) is 0.0947. The average Bonchev–Trinajstić information content (AvgIpc) is 3.85. The SMILES string of the molecule is C.C.C.COCc1nnc2ccc(-c3cnc(O[C@@H](C)C(F)(F)F)c(F)c3)nn12.COCc1nnc2ccc(Cl)nn12.C[C@H](Oc1ncc(B2OC(C)(C)C(C)(C)O2)cc1F)C(F)(F)F. The number of hydrogen-bond acceptors (Lipinski definition) is 14. The number of fused-ring (bicyclic) bond motifs is 2. The zero-order chi connectivity index (χ0) is 45.8. The van der Waals surface area contributed by atoms with Gasteiger partial charge in [-0.3, -0.25) is 0 Å². The minimum absolute atomic E-state index is 0. The lowest BCUT2D eigenvalue weighted by Crippen LogP contribution is -2.41. The minimum atomic E-state index is -4.62. The topological polar surface area (TPSA) is 167 Å². The van der Waals surface area contributed by atoms with Crippen LogP contribution in [0.1, 0.15) is 75.5 Å². The Hall–Kier alpha value is -5.37. The first-order valence-electron chi connectivity index (χ1n) is 18.1. The molecule has 16 nitrogen and oxygen atoms in total. The molecule has 0 saturated carbocycles. The summed E-state index contributed by atoms with van der Waals surface area (Å²) in [6, 6.07) is 8.61. The summed E-state index contributed by atoms with van der Waals surface area (Å²) in [6.45, 7) is 9.43. The van der Waals surface area contributed by atoms with E-state index < -0.39 is 66.3 Å². The van der Waals surface area contributed by atoms with Crippen molar-refractivity contribution in [3.63, 3.8) is 0 Å². The number of rotatable bonds is 10. The first kappa shape index (κ1) is 55.8. The number of pyridine rings is 2. The molecule has 1 saturated heterocycles. The Balaban J connectivity index is 0.000000343. The van der Waals surface area contributed by atoms with Gasteiger partial charge in [0.25, 0.3) is 11.8 Å². The summed E-state index contributed by atoms with van der Waals surface area (Å²) in [6.07, 6.45) is -11.2. The van der Waals surface area contributed by atoms with E-state index in [4.69, 9.17) is 30.4 Å². The highest BCUT2D eigenvalue weighted by Crippen LogP contribution is 2.37. The number of hydrogen-bond donors (Lipinski definition) is 0. The van der Waals surface area contributed by atoms with Crippen LogP contribution in [-0.4, -0.2) is 107 Å². The van der Waals surface area contributed by atoms with E-state index in [1.54, 1.807) is 35.9 Å². The van der Waals surface area contributed by atoms with Gasteiger partial charge < -0.3 is 28.3 Å². The maximum absolute atomic E-state index is 14.1. The molecular weight excluding hydrogens is 903 g/mol. The molecule has 0 radical (unpaired) electrons. The molecule has 0 N–H and O–H groups in total. The third kappa shape index (κ3) is 13.6. The second kappa shape index (κ2) is 22.2. The van der Waals surface area contributed by atoms with Crippen molar-refractivity contribution in [2.75, 3.05) is 14.2 Å². The maximum Gasteiger partial charge on any atom is 0.496 e. The molecule has 0 spiro atoms. The summed E-state index contributed by atoms with van der Waals surface area (Å²) in [5, 5.41) is 24.3. The van der Waals surface area contributed by atoms with Crippen LogP contribution in [0.2, 0.25) is 5.15 Å². The molecule has 0 unspecified atom stereocenters. The molecular formula is C39H50BClF8N10O6. The Labute approximate surface area is 375 Å². The molecule has 7 rings (SSSR count).